The zero-order valence-electron chi connectivity index (χ0n) is 19.7. The Hall–Kier alpha value is -2.82. The van der Waals surface area contributed by atoms with E-state index in [1.807, 2.05) is 24.3 Å². The maximum Gasteiger partial charge on any atom is 0.224 e. The van der Waals surface area contributed by atoms with E-state index >= 15 is 0 Å². The normalized spacial score (nSPS) is 14.0. The van der Waals surface area contributed by atoms with Crippen LogP contribution in [0.25, 0.3) is 0 Å². The summed E-state index contributed by atoms with van der Waals surface area (Å²) in [5.41, 5.74) is 3.14. The number of para-hydroxylation sites is 1. The molecule has 0 bridgehead atoms. The fraction of sp³-hybridized carbons (Fsp3) is 0.481. The Morgan fingerprint density at radius 3 is 2.62 bits per heavy atom. The molecule has 3 rings (SSSR count). The van der Waals surface area contributed by atoms with Crippen molar-refractivity contribution >= 4 is 17.9 Å². The maximum atomic E-state index is 13.2. The Morgan fingerprint density at radius 1 is 1.12 bits per heavy atom. The number of fused-ring (bicyclic) bond motifs is 1. The van der Waals surface area contributed by atoms with E-state index in [1.54, 1.807) is 12.1 Å². The number of hydrogen-bond acceptors (Lipinski definition) is 4. The van der Waals surface area contributed by atoms with Crippen molar-refractivity contribution in [1.29, 1.82) is 0 Å². The van der Waals surface area contributed by atoms with Crippen LogP contribution < -0.4 is 14.8 Å². The van der Waals surface area contributed by atoms with E-state index < -0.39 is 0 Å². The third-order valence-electron chi connectivity index (χ3n) is 5.89. The third-order valence-corrected chi connectivity index (χ3v) is 5.89. The minimum absolute atomic E-state index is 0.0329. The predicted molar refractivity (Wildman–Crippen MR) is 128 cm³/mol. The molecule has 1 heterocycles. The fourth-order valence-electron chi connectivity index (χ4n) is 4.24. The van der Waals surface area contributed by atoms with Crippen LogP contribution in [0, 0.1) is 0 Å². The molecular weight excluding hydrogens is 402 g/mol. The largest absolute Gasteiger partial charge is 0.486 e. The van der Waals surface area contributed by atoms with Crippen molar-refractivity contribution in [2.75, 3.05) is 18.5 Å². The zero-order chi connectivity index (χ0) is 23.1. The summed E-state index contributed by atoms with van der Waals surface area (Å²) in [6.45, 7) is 9.53. The molecule has 32 heavy (non-hydrogen) atoms. The van der Waals surface area contributed by atoms with Crippen LogP contribution in [-0.4, -0.2) is 25.4 Å². The summed E-state index contributed by atoms with van der Waals surface area (Å²) in [5.74, 6) is 1.50. The molecule has 0 aliphatic carbocycles. The summed E-state index contributed by atoms with van der Waals surface area (Å²) in [4.78, 5) is 24.5. The molecule has 0 saturated heterocycles. The van der Waals surface area contributed by atoms with Gasteiger partial charge in [0.25, 0.3) is 0 Å². The molecule has 0 aromatic heterocycles. The number of amides is 1. The predicted octanol–water partition coefficient (Wildman–Crippen LogP) is 6.26. The van der Waals surface area contributed by atoms with Crippen LogP contribution in [0.1, 0.15) is 87.2 Å². The molecular formula is C27H35NO4. The molecule has 0 fully saturated rings. The molecule has 1 aliphatic heterocycles. The minimum Gasteiger partial charge on any atom is -0.486 e. The third kappa shape index (κ3) is 5.90. The molecule has 0 saturated carbocycles. The smallest absolute Gasteiger partial charge is 0.224 e. The van der Waals surface area contributed by atoms with Crippen LogP contribution in [0.2, 0.25) is 0 Å². The summed E-state index contributed by atoms with van der Waals surface area (Å²) in [6.07, 6.45) is 5.36. The second-order valence-electron chi connectivity index (χ2n) is 9.49. The second kappa shape index (κ2) is 10.7. The lowest BCUT2D eigenvalue weighted by Crippen LogP contribution is -2.22. The van der Waals surface area contributed by atoms with Crippen LogP contribution >= 0.6 is 0 Å². The Labute approximate surface area is 191 Å². The van der Waals surface area contributed by atoms with Crippen LogP contribution in [0.5, 0.6) is 11.5 Å². The second-order valence-corrected chi connectivity index (χ2v) is 9.49. The van der Waals surface area contributed by atoms with Gasteiger partial charge in [-0.15, -0.1) is 0 Å². The quantitative estimate of drug-likeness (QED) is 0.371. The Balaban J connectivity index is 1.85. The van der Waals surface area contributed by atoms with Gasteiger partial charge in [0.2, 0.25) is 5.91 Å². The number of carbonyl (C=O) groups excluding carboxylic acids is 2. The van der Waals surface area contributed by atoms with Crippen molar-refractivity contribution in [3.63, 3.8) is 0 Å². The monoisotopic (exact) mass is 437 g/mol. The first kappa shape index (κ1) is 23.8. The molecule has 0 radical (unpaired) electrons. The van der Waals surface area contributed by atoms with Gasteiger partial charge in [0, 0.05) is 23.2 Å². The first-order valence-corrected chi connectivity index (χ1v) is 11.6. The lowest BCUT2D eigenvalue weighted by atomic mass is 9.85. The zero-order valence-corrected chi connectivity index (χ0v) is 19.7. The molecule has 172 valence electrons. The Morgan fingerprint density at radius 2 is 1.91 bits per heavy atom. The number of ether oxygens (including phenoxy) is 2. The molecule has 5 heteroatoms. The first-order chi connectivity index (χ1) is 15.3. The highest BCUT2D eigenvalue weighted by Gasteiger charge is 2.25. The van der Waals surface area contributed by atoms with Gasteiger partial charge in [-0.3, -0.25) is 9.59 Å². The molecule has 5 nitrogen and oxygen atoms in total. The van der Waals surface area contributed by atoms with Gasteiger partial charge in [0.05, 0.1) is 0 Å². The molecule has 2 aromatic rings. The average Bonchev–Trinajstić information content (AvgIpc) is 2.77. The Kier molecular flexibility index (Phi) is 7.94. The van der Waals surface area contributed by atoms with E-state index in [1.165, 1.54) is 0 Å². The summed E-state index contributed by atoms with van der Waals surface area (Å²) < 4.78 is 11.7. The average molecular weight is 438 g/mol. The van der Waals surface area contributed by atoms with Crippen molar-refractivity contribution in [3.05, 3.63) is 53.1 Å². The maximum absolute atomic E-state index is 13.2. The number of nitrogens with one attached hydrogen (secondary N) is 1. The van der Waals surface area contributed by atoms with Crippen LogP contribution in [0.4, 0.5) is 5.69 Å². The summed E-state index contributed by atoms with van der Waals surface area (Å²) in [7, 11) is 0. The highest BCUT2D eigenvalue weighted by atomic mass is 16.6. The van der Waals surface area contributed by atoms with Crippen molar-refractivity contribution in [2.24, 2.45) is 0 Å². The van der Waals surface area contributed by atoms with Gasteiger partial charge in [0.1, 0.15) is 19.5 Å². The summed E-state index contributed by atoms with van der Waals surface area (Å²) in [6, 6.07) is 11.4. The van der Waals surface area contributed by atoms with Gasteiger partial charge in [0.15, 0.2) is 11.5 Å². The lowest BCUT2D eigenvalue weighted by molar-refractivity contribution is -0.116. The lowest BCUT2D eigenvalue weighted by Gasteiger charge is -2.26. The summed E-state index contributed by atoms with van der Waals surface area (Å²) in [5, 5.41) is 3.09. The SMILES string of the molecule is CCCCCC(CC(=O)Nc1cc(C=O)ccc1C(C)(C)C)c1cccc2c1OCCO2. The Bertz CT molecular complexity index is 945. The number of hydrogen-bond donors (Lipinski definition) is 1. The van der Waals surface area contributed by atoms with Crippen LogP contribution in [0.15, 0.2) is 36.4 Å². The molecule has 0 spiro atoms. The number of anilines is 1. The molecule has 1 amide bonds. The van der Waals surface area contributed by atoms with E-state index in [9.17, 15) is 9.59 Å². The van der Waals surface area contributed by atoms with Crippen molar-refractivity contribution in [1.82, 2.24) is 0 Å². The molecule has 1 N–H and O–H groups in total. The fourth-order valence-corrected chi connectivity index (χ4v) is 4.24. The highest BCUT2D eigenvalue weighted by molar-refractivity contribution is 5.93. The van der Waals surface area contributed by atoms with E-state index in [0.29, 0.717) is 30.9 Å². The standard InChI is InChI=1S/C27H35NO4/c1-5-6-7-9-20(21-10-8-11-24-26(21)32-15-14-31-24)17-25(30)28-23-16-19(18-29)12-13-22(23)27(2,3)4/h8,10-13,16,18,20H,5-7,9,14-15,17H2,1-4H3,(H,28,30). The van der Waals surface area contributed by atoms with E-state index in [0.717, 1.165) is 54.6 Å². The topological polar surface area (TPSA) is 64.6 Å². The number of unbranched alkanes of at least 4 members (excludes halogenated alkanes) is 2. The van der Waals surface area contributed by atoms with Crippen LogP contribution in [0.3, 0.4) is 0 Å². The minimum atomic E-state index is -0.158. The first-order valence-electron chi connectivity index (χ1n) is 11.6. The van der Waals surface area contributed by atoms with Gasteiger partial charge in [-0.05, 0) is 35.4 Å². The van der Waals surface area contributed by atoms with Crippen LogP contribution in [-0.2, 0) is 10.2 Å². The van der Waals surface area contributed by atoms with Gasteiger partial charge in [-0.2, -0.15) is 0 Å². The molecule has 1 aliphatic rings. The number of benzene rings is 2. The highest BCUT2D eigenvalue weighted by Crippen LogP contribution is 2.41. The van der Waals surface area contributed by atoms with E-state index in [4.69, 9.17) is 9.47 Å². The van der Waals surface area contributed by atoms with Gasteiger partial charge in [-0.1, -0.05) is 71.2 Å². The number of rotatable bonds is 9. The van der Waals surface area contributed by atoms with Gasteiger partial charge < -0.3 is 14.8 Å². The van der Waals surface area contributed by atoms with E-state index in [2.05, 4.69) is 33.0 Å². The number of aldehydes is 1. The van der Waals surface area contributed by atoms with Gasteiger partial charge >= 0.3 is 0 Å². The van der Waals surface area contributed by atoms with Gasteiger partial charge in [-0.25, -0.2) is 0 Å². The molecule has 1 atom stereocenters. The van der Waals surface area contributed by atoms with E-state index in [-0.39, 0.29) is 17.2 Å². The molecule has 2 aromatic carbocycles. The van der Waals surface area contributed by atoms with Crippen molar-refractivity contribution in [2.45, 2.75) is 71.1 Å². The van der Waals surface area contributed by atoms with Crippen molar-refractivity contribution < 1.29 is 19.1 Å². The molecule has 1 unspecified atom stereocenters. The number of carbonyl (C=O) groups is 2. The van der Waals surface area contributed by atoms with Crippen molar-refractivity contribution in [3.8, 4) is 11.5 Å². The summed E-state index contributed by atoms with van der Waals surface area (Å²) >= 11 is 0.